The topological polar surface area (TPSA) is 66.6 Å². The van der Waals surface area contributed by atoms with Crippen molar-refractivity contribution in [1.29, 1.82) is 0 Å². The summed E-state index contributed by atoms with van der Waals surface area (Å²) < 4.78 is 0. The quantitative estimate of drug-likeness (QED) is 0.712. The highest BCUT2D eigenvalue weighted by atomic mass is 16.3. The van der Waals surface area contributed by atoms with Crippen LogP contribution in [0.3, 0.4) is 0 Å². The van der Waals surface area contributed by atoms with Crippen molar-refractivity contribution in [3.8, 4) is 0 Å². The number of nitrogen functional groups attached to an aromatic ring is 1. The summed E-state index contributed by atoms with van der Waals surface area (Å²) in [6, 6.07) is 5.42. The summed E-state index contributed by atoms with van der Waals surface area (Å²) in [4.78, 5) is 13.6. The first kappa shape index (κ1) is 9.98. The summed E-state index contributed by atoms with van der Waals surface area (Å²) in [5.74, 6) is 0.0192. The zero-order chi connectivity index (χ0) is 10.8. The van der Waals surface area contributed by atoms with E-state index in [0.29, 0.717) is 30.8 Å². The van der Waals surface area contributed by atoms with E-state index in [9.17, 15) is 4.79 Å². The van der Waals surface area contributed by atoms with Gasteiger partial charge in [0.1, 0.15) is 0 Å². The number of hydrogen-bond acceptors (Lipinski definition) is 3. The Bertz CT molecular complexity index is 390. The maximum Gasteiger partial charge on any atom is 0.254 e. The normalized spacial score (nSPS) is 14.5. The molecule has 2 rings (SSSR count). The van der Waals surface area contributed by atoms with Gasteiger partial charge in [-0.1, -0.05) is 6.07 Å². The molecule has 0 spiro atoms. The first-order chi connectivity index (χ1) is 7.22. The summed E-state index contributed by atoms with van der Waals surface area (Å²) in [6.07, 6.45) is 0.620. The van der Waals surface area contributed by atoms with Crippen LogP contribution < -0.4 is 5.73 Å². The fraction of sp³-hybridized carbons (Fsp3) is 0.364. The highest BCUT2D eigenvalue weighted by Gasteiger charge is 2.26. The third-order valence-electron chi connectivity index (χ3n) is 2.60. The zero-order valence-electron chi connectivity index (χ0n) is 8.44. The molecule has 0 unspecified atom stereocenters. The van der Waals surface area contributed by atoms with Crippen LogP contribution >= 0.6 is 0 Å². The van der Waals surface area contributed by atoms with Gasteiger partial charge in [-0.15, -0.1) is 0 Å². The Balaban J connectivity index is 2.18. The number of aliphatic hydroxyl groups excluding tert-OH is 1. The number of aliphatic hydroxyl groups is 1. The lowest BCUT2D eigenvalue weighted by Gasteiger charge is -2.13. The average Bonchev–Trinajstić information content (AvgIpc) is 2.53. The van der Waals surface area contributed by atoms with E-state index < -0.39 is 0 Å². The van der Waals surface area contributed by atoms with Gasteiger partial charge in [-0.2, -0.15) is 0 Å². The van der Waals surface area contributed by atoms with Crippen molar-refractivity contribution in [2.75, 3.05) is 18.9 Å². The molecular weight excluding hydrogens is 192 g/mol. The summed E-state index contributed by atoms with van der Waals surface area (Å²) in [5, 5.41) is 8.72. The highest BCUT2D eigenvalue weighted by molar-refractivity contribution is 5.99. The SMILES string of the molecule is Nc1ccc2c(c1)C(=O)N(CCCO)C2. The van der Waals surface area contributed by atoms with E-state index in [1.807, 2.05) is 12.1 Å². The minimum absolute atomic E-state index is 0.0192. The van der Waals surface area contributed by atoms with Crippen LogP contribution in [0.2, 0.25) is 0 Å². The van der Waals surface area contributed by atoms with Gasteiger partial charge >= 0.3 is 0 Å². The first-order valence-corrected chi connectivity index (χ1v) is 5.01. The van der Waals surface area contributed by atoms with Crippen LogP contribution in [-0.2, 0) is 6.54 Å². The monoisotopic (exact) mass is 206 g/mol. The Hall–Kier alpha value is -1.55. The van der Waals surface area contributed by atoms with Crippen LogP contribution in [0.4, 0.5) is 5.69 Å². The Kier molecular flexibility index (Phi) is 2.60. The molecule has 1 aromatic carbocycles. The van der Waals surface area contributed by atoms with Crippen molar-refractivity contribution >= 4 is 11.6 Å². The first-order valence-electron chi connectivity index (χ1n) is 5.01. The van der Waals surface area contributed by atoms with Crippen LogP contribution in [-0.4, -0.2) is 29.1 Å². The van der Waals surface area contributed by atoms with Crippen molar-refractivity contribution in [1.82, 2.24) is 4.90 Å². The number of nitrogens with two attached hydrogens (primary N) is 1. The van der Waals surface area contributed by atoms with E-state index in [0.717, 1.165) is 5.56 Å². The number of amides is 1. The number of carbonyl (C=O) groups is 1. The van der Waals surface area contributed by atoms with Gasteiger partial charge in [-0.25, -0.2) is 0 Å². The van der Waals surface area contributed by atoms with Gasteiger partial charge in [0, 0.05) is 30.9 Å². The molecule has 0 bridgehead atoms. The lowest BCUT2D eigenvalue weighted by atomic mass is 10.1. The summed E-state index contributed by atoms with van der Waals surface area (Å²) >= 11 is 0. The van der Waals surface area contributed by atoms with E-state index in [1.54, 1.807) is 11.0 Å². The number of fused-ring (bicyclic) bond motifs is 1. The fourth-order valence-electron chi connectivity index (χ4n) is 1.82. The van der Waals surface area contributed by atoms with E-state index in [2.05, 4.69) is 0 Å². The fourth-order valence-corrected chi connectivity index (χ4v) is 1.82. The van der Waals surface area contributed by atoms with Gasteiger partial charge in [-0.3, -0.25) is 4.79 Å². The van der Waals surface area contributed by atoms with Crippen molar-refractivity contribution in [3.05, 3.63) is 29.3 Å². The summed E-state index contributed by atoms with van der Waals surface area (Å²) in [6.45, 7) is 1.35. The van der Waals surface area contributed by atoms with Gasteiger partial charge in [0.25, 0.3) is 5.91 Å². The molecule has 0 saturated carbocycles. The van der Waals surface area contributed by atoms with Crippen molar-refractivity contribution in [2.45, 2.75) is 13.0 Å². The minimum Gasteiger partial charge on any atom is -0.399 e. The second-order valence-corrected chi connectivity index (χ2v) is 3.72. The molecule has 4 nitrogen and oxygen atoms in total. The summed E-state index contributed by atoms with van der Waals surface area (Å²) in [7, 11) is 0. The number of hydrogen-bond donors (Lipinski definition) is 2. The van der Waals surface area contributed by atoms with Gasteiger partial charge in [-0.05, 0) is 24.1 Å². The smallest absolute Gasteiger partial charge is 0.254 e. The number of benzene rings is 1. The van der Waals surface area contributed by atoms with E-state index in [-0.39, 0.29) is 12.5 Å². The number of nitrogens with zero attached hydrogens (tertiary/aromatic N) is 1. The largest absolute Gasteiger partial charge is 0.399 e. The minimum atomic E-state index is 0.0192. The molecule has 1 amide bonds. The Morgan fingerprint density at radius 1 is 1.47 bits per heavy atom. The second kappa shape index (κ2) is 3.90. The molecule has 0 aliphatic carbocycles. The predicted octanol–water partition coefficient (Wildman–Crippen LogP) is 0.607. The molecule has 4 heteroatoms. The lowest BCUT2D eigenvalue weighted by molar-refractivity contribution is 0.0768. The molecule has 0 radical (unpaired) electrons. The number of rotatable bonds is 3. The molecular formula is C11H14N2O2. The molecule has 1 aliphatic heterocycles. The van der Waals surface area contributed by atoms with Crippen molar-refractivity contribution < 1.29 is 9.90 Å². The van der Waals surface area contributed by atoms with Gasteiger partial charge in [0.05, 0.1) is 0 Å². The molecule has 0 saturated heterocycles. The van der Waals surface area contributed by atoms with Crippen LogP contribution in [0.5, 0.6) is 0 Å². The van der Waals surface area contributed by atoms with Crippen LogP contribution in [0, 0.1) is 0 Å². The van der Waals surface area contributed by atoms with Gasteiger partial charge < -0.3 is 15.7 Å². The third-order valence-corrected chi connectivity index (χ3v) is 2.60. The van der Waals surface area contributed by atoms with Gasteiger partial charge in [0.15, 0.2) is 0 Å². The Morgan fingerprint density at radius 3 is 3.00 bits per heavy atom. The molecule has 1 heterocycles. The van der Waals surface area contributed by atoms with Crippen LogP contribution in [0.1, 0.15) is 22.3 Å². The molecule has 80 valence electrons. The third kappa shape index (κ3) is 1.80. The molecule has 15 heavy (non-hydrogen) atoms. The zero-order valence-corrected chi connectivity index (χ0v) is 8.44. The number of carbonyl (C=O) groups excluding carboxylic acids is 1. The summed E-state index contributed by atoms with van der Waals surface area (Å²) in [5.41, 5.74) is 7.97. The maximum atomic E-state index is 11.8. The Morgan fingerprint density at radius 2 is 2.27 bits per heavy atom. The van der Waals surface area contributed by atoms with Crippen LogP contribution in [0.25, 0.3) is 0 Å². The molecule has 3 N–H and O–H groups in total. The second-order valence-electron chi connectivity index (χ2n) is 3.72. The van der Waals surface area contributed by atoms with Crippen molar-refractivity contribution in [3.63, 3.8) is 0 Å². The average molecular weight is 206 g/mol. The lowest BCUT2D eigenvalue weighted by Crippen LogP contribution is -2.25. The van der Waals surface area contributed by atoms with Gasteiger partial charge in [0.2, 0.25) is 0 Å². The van der Waals surface area contributed by atoms with Crippen molar-refractivity contribution in [2.24, 2.45) is 0 Å². The molecule has 0 atom stereocenters. The molecule has 0 aromatic heterocycles. The molecule has 1 aliphatic rings. The van der Waals surface area contributed by atoms with E-state index in [1.165, 1.54) is 0 Å². The number of anilines is 1. The maximum absolute atomic E-state index is 11.8. The van der Waals surface area contributed by atoms with Crippen LogP contribution in [0.15, 0.2) is 18.2 Å². The standard InChI is InChI=1S/C11H14N2O2/c12-9-3-2-8-7-13(4-1-5-14)11(15)10(8)6-9/h2-3,6,14H,1,4-5,7,12H2. The van der Waals surface area contributed by atoms with E-state index in [4.69, 9.17) is 10.8 Å². The Labute approximate surface area is 88.3 Å². The predicted molar refractivity (Wildman–Crippen MR) is 57.3 cm³/mol. The molecule has 1 aromatic rings. The highest BCUT2D eigenvalue weighted by Crippen LogP contribution is 2.24. The molecule has 0 fully saturated rings. The van der Waals surface area contributed by atoms with E-state index >= 15 is 0 Å².